The van der Waals surface area contributed by atoms with Gasteiger partial charge >= 0.3 is 5.97 Å². The lowest BCUT2D eigenvalue weighted by molar-refractivity contribution is -0.145. The summed E-state index contributed by atoms with van der Waals surface area (Å²) >= 11 is 0. The summed E-state index contributed by atoms with van der Waals surface area (Å²) in [5.41, 5.74) is 1.92. The number of nitrogens with one attached hydrogen (secondary N) is 1. The molecule has 5 nitrogen and oxygen atoms in total. The molecule has 1 heterocycles. The van der Waals surface area contributed by atoms with Gasteiger partial charge in [0.05, 0.1) is 6.61 Å². The molecule has 1 rings (SSSR count). The molecule has 0 aromatic carbocycles. The first-order valence-corrected chi connectivity index (χ1v) is 7.66. The average molecular weight is 293 g/mol. The summed E-state index contributed by atoms with van der Waals surface area (Å²) in [5, 5.41) is 3.30. The van der Waals surface area contributed by atoms with Crippen molar-refractivity contribution in [2.24, 2.45) is 0 Å². The maximum Gasteiger partial charge on any atom is 0.327 e. The van der Waals surface area contributed by atoms with E-state index in [2.05, 4.69) is 29.0 Å². The molecule has 0 radical (unpaired) electrons. The zero-order valence-corrected chi connectivity index (χ0v) is 13.6. The lowest BCUT2D eigenvalue weighted by Crippen LogP contribution is -2.37. The fourth-order valence-electron chi connectivity index (χ4n) is 2.23. The van der Waals surface area contributed by atoms with Crippen LogP contribution in [-0.2, 0) is 9.53 Å². The van der Waals surface area contributed by atoms with E-state index >= 15 is 0 Å². The van der Waals surface area contributed by atoms with Gasteiger partial charge in [0.1, 0.15) is 6.04 Å². The zero-order valence-electron chi connectivity index (χ0n) is 13.6. The molecule has 0 fully saturated rings. The predicted molar refractivity (Wildman–Crippen MR) is 84.1 cm³/mol. The minimum absolute atomic E-state index is 0.242. The third-order valence-corrected chi connectivity index (χ3v) is 3.58. The van der Waals surface area contributed by atoms with Gasteiger partial charge in [-0.3, -0.25) is 10.3 Å². The van der Waals surface area contributed by atoms with E-state index in [-0.39, 0.29) is 5.97 Å². The fourth-order valence-corrected chi connectivity index (χ4v) is 2.23. The largest absolute Gasteiger partial charge is 0.465 e. The van der Waals surface area contributed by atoms with Crippen molar-refractivity contribution in [1.82, 2.24) is 15.2 Å². The molecule has 5 heteroatoms. The van der Waals surface area contributed by atoms with Gasteiger partial charge in [0.15, 0.2) is 0 Å². The van der Waals surface area contributed by atoms with Crippen LogP contribution >= 0.6 is 0 Å². The van der Waals surface area contributed by atoms with E-state index in [0.717, 1.165) is 37.3 Å². The van der Waals surface area contributed by atoms with E-state index < -0.39 is 6.04 Å². The number of esters is 1. The Bertz CT molecular complexity index is 433. The quantitative estimate of drug-likeness (QED) is 0.705. The van der Waals surface area contributed by atoms with Crippen LogP contribution in [0, 0.1) is 6.92 Å². The number of pyridine rings is 1. The van der Waals surface area contributed by atoms with Crippen LogP contribution in [0.5, 0.6) is 0 Å². The van der Waals surface area contributed by atoms with Gasteiger partial charge < -0.3 is 9.64 Å². The summed E-state index contributed by atoms with van der Waals surface area (Å²) in [6.07, 6.45) is 3.47. The van der Waals surface area contributed by atoms with Crippen LogP contribution in [0.2, 0.25) is 0 Å². The number of ether oxygens (including phenoxy) is 1. The molecule has 118 valence electrons. The molecule has 0 spiro atoms. The minimum atomic E-state index is -0.450. The number of aryl methyl sites for hydroxylation is 1. The van der Waals surface area contributed by atoms with Crippen molar-refractivity contribution in [3.63, 3.8) is 0 Å². The highest BCUT2D eigenvalue weighted by Crippen LogP contribution is 2.17. The molecule has 21 heavy (non-hydrogen) atoms. The molecule has 0 saturated carbocycles. The summed E-state index contributed by atoms with van der Waals surface area (Å²) in [7, 11) is 0. The molecule has 0 amide bonds. The first-order valence-electron chi connectivity index (χ1n) is 7.66. The number of nitrogens with zero attached hydrogens (tertiary/aromatic N) is 2. The Morgan fingerprint density at radius 2 is 2.10 bits per heavy atom. The molecule has 0 aliphatic heterocycles. The van der Waals surface area contributed by atoms with Crippen molar-refractivity contribution >= 4 is 5.97 Å². The molecule has 0 saturated heterocycles. The van der Waals surface area contributed by atoms with E-state index in [0.29, 0.717) is 6.61 Å². The normalized spacial score (nSPS) is 12.4. The van der Waals surface area contributed by atoms with Crippen molar-refractivity contribution in [2.45, 2.75) is 33.7 Å². The van der Waals surface area contributed by atoms with Crippen molar-refractivity contribution in [1.29, 1.82) is 0 Å². The van der Waals surface area contributed by atoms with Crippen LogP contribution in [0.15, 0.2) is 18.5 Å². The summed E-state index contributed by atoms with van der Waals surface area (Å²) in [6.45, 7) is 12.1. The van der Waals surface area contributed by atoms with E-state index in [1.54, 1.807) is 12.4 Å². The van der Waals surface area contributed by atoms with Gasteiger partial charge in [-0.25, -0.2) is 4.79 Å². The van der Waals surface area contributed by atoms with E-state index in [1.807, 2.05) is 19.9 Å². The number of carbonyl (C=O) groups excluding carboxylic acids is 1. The van der Waals surface area contributed by atoms with Crippen LogP contribution in [0.4, 0.5) is 0 Å². The maximum absolute atomic E-state index is 12.2. The van der Waals surface area contributed by atoms with Gasteiger partial charge in [0.2, 0.25) is 0 Å². The Kier molecular flexibility index (Phi) is 7.93. The van der Waals surface area contributed by atoms with E-state index in [1.165, 1.54) is 0 Å². The SMILES string of the molecule is CCOC(=O)C(NCCN(CC)CC)c1cnccc1C. The van der Waals surface area contributed by atoms with Gasteiger partial charge in [-0.2, -0.15) is 0 Å². The molecular formula is C16H27N3O2. The summed E-state index contributed by atoms with van der Waals surface area (Å²) in [5.74, 6) is -0.242. The van der Waals surface area contributed by atoms with Gasteiger partial charge in [0, 0.05) is 31.0 Å². The summed E-state index contributed by atoms with van der Waals surface area (Å²) in [6, 6.07) is 1.46. The molecular weight excluding hydrogens is 266 g/mol. The Balaban J connectivity index is 2.74. The van der Waals surface area contributed by atoms with Crippen LogP contribution < -0.4 is 5.32 Å². The fraction of sp³-hybridized carbons (Fsp3) is 0.625. The smallest absolute Gasteiger partial charge is 0.327 e. The lowest BCUT2D eigenvalue weighted by Gasteiger charge is -2.22. The third-order valence-electron chi connectivity index (χ3n) is 3.58. The Hall–Kier alpha value is -1.46. The van der Waals surface area contributed by atoms with Gasteiger partial charge in [-0.15, -0.1) is 0 Å². The van der Waals surface area contributed by atoms with Gasteiger partial charge in [-0.1, -0.05) is 13.8 Å². The van der Waals surface area contributed by atoms with E-state index in [9.17, 15) is 4.79 Å². The predicted octanol–water partition coefficient (Wildman–Crippen LogP) is 1.93. The highest BCUT2D eigenvalue weighted by molar-refractivity contribution is 5.78. The second kappa shape index (κ2) is 9.47. The monoisotopic (exact) mass is 293 g/mol. The first-order chi connectivity index (χ1) is 10.1. The van der Waals surface area contributed by atoms with Crippen molar-refractivity contribution in [2.75, 3.05) is 32.8 Å². The second-order valence-electron chi connectivity index (χ2n) is 4.90. The first kappa shape index (κ1) is 17.6. The van der Waals surface area contributed by atoms with Gasteiger partial charge in [0.25, 0.3) is 0 Å². The Labute approximate surface area is 127 Å². The van der Waals surface area contributed by atoms with Crippen molar-refractivity contribution in [3.05, 3.63) is 29.6 Å². The molecule has 0 aliphatic carbocycles. The highest BCUT2D eigenvalue weighted by atomic mass is 16.5. The molecule has 0 aliphatic rings. The number of hydrogen-bond donors (Lipinski definition) is 1. The minimum Gasteiger partial charge on any atom is -0.465 e. The zero-order chi connectivity index (χ0) is 15.7. The average Bonchev–Trinajstić information content (AvgIpc) is 2.49. The highest BCUT2D eigenvalue weighted by Gasteiger charge is 2.23. The molecule has 0 bridgehead atoms. The van der Waals surface area contributed by atoms with Crippen LogP contribution in [0.1, 0.15) is 37.9 Å². The number of likely N-dealkylation sites (N-methyl/N-ethyl adjacent to an activating group) is 1. The van der Waals surface area contributed by atoms with Crippen LogP contribution in [-0.4, -0.2) is 48.6 Å². The van der Waals surface area contributed by atoms with Gasteiger partial charge in [-0.05, 0) is 38.6 Å². The maximum atomic E-state index is 12.2. The molecule has 1 aromatic heterocycles. The van der Waals surface area contributed by atoms with Crippen LogP contribution in [0.3, 0.4) is 0 Å². The molecule has 1 atom stereocenters. The standard InChI is InChI=1S/C16H27N3O2/c1-5-19(6-2)11-10-18-15(16(20)21-7-3)14-12-17-9-8-13(14)4/h8-9,12,15,18H,5-7,10-11H2,1-4H3. The second-order valence-corrected chi connectivity index (χ2v) is 4.90. The Morgan fingerprint density at radius 1 is 1.38 bits per heavy atom. The number of rotatable bonds is 9. The molecule has 1 N–H and O–H groups in total. The number of aromatic nitrogens is 1. The van der Waals surface area contributed by atoms with Crippen LogP contribution in [0.25, 0.3) is 0 Å². The van der Waals surface area contributed by atoms with Crippen molar-refractivity contribution in [3.8, 4) is 0 Å². The Morgan fingerprint density at radius 3 is 2.67 bits per heavy atom. The summed E-state index contributed by atoms with van der Waals surface area (Å²) in [4.78, 5) is 18.6. The topological polar surface area (TPSA) is 54.5 Å². The summed E-state index contributed by atoms with van der Waals surface area (Å²) < 4.78 is 5.18. The van der Waals surface area contributed by atoms with Crippen molar-refractivity contribution < 1.29 is 9.53 Å². The molecule has 1 aromatic rings. The van der Waals surface area contributed by atoms with E-state index in [4.69, 9.17) is 4.74 Å². The number of hydrogen-bond acceptors (Lipinski definition) is 5. The number of carbonyl (C=O) groups is 1. The third kappa shape index (κ3) is 5.44. The lowest BCUT2D eigenvalue weighted by atomic mass is 10.0. The molecule has 1 unspecified atom stereocenters.